The molecule has 0 aromatic carbocycles. The average molecular weight is 262 g/mol. The van der Waals surface area contributed by atoms with Gasteiger partial charge in [-0.05, 0) is 44.7 Å². The van der Waals surface area contributed by atoms with E-state index in [-0.39, 0.29) is 0 Å². The molecule has 0 aromatic rings. The van der Waals surface area contributed by atoms with Crippen molar-refractivity contribution in [2.24, 2.45) is 0 Å². The van der Waals surface area contributed by atoms with E-state index < -0.39 is 0 Å². The highest BCUT2D eigenvalue weighted by molar-refractivity contribution is 9.28. The molecule has 48 valence electrons. The van der Waals surface area contributed by atoms with Gasteiger partial charge in [0.1, 0.15) is 0 Å². The van der Waals surface area contributed by atoms with Crippen LogP contribution in [-0.4, -0.2) is 5.88 Å². The fourth-order valence-electron chi connectivity index (χ4n) is 0.288. The molecule has 0 nitrogen and oxygen atoms in total. The SMILES string of the molecule is ClCCCC=C(Br)Br. The number of unbranched alkanes of at least 4 members (excludes halogenated alkanes) is 1. The van der Waals surface area contributed by atoms with Gasteiger partial charge >= 0.3 is 0 Å². The third-order valence-electron chi connectivity index (χ3n) is 0.636. The zero-order valence-corrected chi connectivity index (χ0v) is 8.26. The first-order chi connectivity index (χ1) is 3.77. The van der Waals surface area contributed by atoms with Crippen LogP contribution in [0.4, 0.5) is 0 Å². The van der Waals surface area contributed by atoms with Crippen LogP contribution in [0.3, 0.4) is 0 Å². The van der Waals surface area contributed by atoms with Crippen LogP contribution < -0.4 is 0 Å². The molecule has 0 heterocycles. The van der Waals surface area contributed by atoms with Gasteiger partial charge in [0.05, 0.1) is 3.39 Å². The average Bonchev–Trinajstić information content (AvgIpc) is 1.66. The molecule has 0 bridgehead atoms. The third-order valence-corrected chi connectivity index (χ3v) is 1.55. The molecular formula is C5H7Br2Cl. The maximum absolute atomic E-state index is 5.43. The molecule has 0 N–H and O–H groups in total. The van der Waals surface area contributed by atoms with E-state index >= 15 is 0 Å². The Bertz CT molecular complexity index is 76.5. The zero-order valence-electron chi connectivity index (χ0n) is 4.33. The third kappa shape index (κ3) is 6.99. The molecule has 8 heavy (non-hydrogen) atoms. The van der Waals surface area contributed by atoms with Crippen LogP contribution in [0.1, 0.15) is 12.8 Å². The smallest absolute Gasteiger partial charge is 0.0564 e. The lowest BCUT2D eigenvalue weighted by atomic mass is 10.3. The molecule has 3 heteroatoms. The fourth-order valence-corrected chi connectivity index (χ4v) is 0.900. The second kappa shape index (κ2) is 6.12. The Morgan fingerprint density at radius 3 is 2.50 bits per heavy atom. The normalized spacial score (nSPS) is 8.88. The molecule has 0 aliphatic rings. The lowest BCUT2D eigenvalue weighted by Gasteiger charge is -1.85. The first-order valence-electron chi connectivity index (χ1n) is 2.34. The molecule has 0 atom stereocenters. The van der Waals surface area contributed by atoms with Crippen LogP contribution in [0, 0.1) is 0 Å². The van der Waals surface area contributed by atoms with Crippen molar-refractivity contribution in [2.45, 2.75) is 12.8 Å². The van der Waals surface area contributed by atoms with Gasteiger partial charge in [-0.25, -0.2) is 0 Å². The summed E-state index contributed by atoms with van der Waals surface area (Å²) in [5.74, 6) is 0.740. The molecule has 0 saturated heterocycles. The van der Waals surface area contributed by atoms with Crippen LogP contribution in [0.15, 0.2) is 9.47 Å². The summed E-state index contributed by atoms with van der Waals surface area (Å²) in [4.78, 5) is 0. The number of rotatable bonds is 3. The monoisotopic (exact) mass is 260 g/mol. The first kappa shape index (κ1) is 8.99. The number of allylic oxidation sites excluding steroid dienone is 1. The maximum atomic E-state index is 5.43. The second-order valence-corrected chi connectivity index (χ2v) is 4.48. The highest BCUT2D eigenvalue weighted by atomic mass is 79.9. The van der Waals surface area contributed by atoms with Crippen molar-refractivity contribution in [3.63, 3.8) is 0 Å². The Morgan fingerprint density at radius 2 is 2.12 bits per heavy atom. The fraction of sp³-hybridized carbons (Fsp3) is 0.600. The molecule has 0 rings (SSSR count). The minimum absolute atomic E-state index is 0.740. The van der Waals surface area contributed by atoms with Crippen LogP contribution in [-0.2, 0) is 0 Å². The van der Waals surface area contributed by atoms with Crippen molar-refractivity contribution < 1.29 is 0 Å². The van der Waals surface area contributed by atoms with Gasteiger partial charge in [0.2, 0.25) is 0 Å². The van der Waals surface area contributed by atoms with Crippen molar-refractivity contribution in [3.8, 4) is 0 Å². The van der Waals surface area contributed by atoms with Gasteiger partial charge in [0.25, 0.3) is 0 Å². The van der Waals surface area contributed by atoms with Crippen LogP contribution in [0.25, 0.3) is 0 Å². The summed E-state index contributed by atoms with van der Waals surface area (Å²) in [6, 6.07) is 0. The number of alkyl halides is 1. The summed E-state index contributed by atoms with van der Waals surface area (Å²) >= 11 is 11.9. The van der Waals surface area contributed by atoms with Crippen molar-refractivity contribution in [2.75, 3.05) is 5.88 Å². The van der Waals surface area contributed by atoms with Gasteiger partial charge < -0.3 is 0 Å². The Hall–Kier alpha value is 0.990. The number of hydrogen-bond acceptors (Lipinski definition) is 0. The van der Waals surface area contributed by atoms with Gasteiger partial charge in [0, 0.05) is 5.88 Å². The topological polar surface area (TPSA) is 0 Å². The van der Waals surface area contributed by atoms with Crippen LogP contribution in [0.5, 0.6) is 0 Å². The summed E-state index contributed by atoms with van der Waals surface area (Å²) in [5, 5.41) is 0. The molecule has 0 aliphatic carbocycles. The van der Waals surface area contributed by atoms with E-state index in [2.05, 4.69) is 31.9 Å². The molecule has 0 amide bonds. The van der Waals surface area contributed by atoms with Crippen LogP contribution in [0.2, 0.25) is 0 Å². The minimum atomic E-state index is 0.740. The first-order valence-corrected chi connectivity index (χ1v) is 4.46. The Morgan fingerprint density at radius 1 is 1.50 bits per heavy atom. The van der Waals surface area contributed by atoms with Gasteiger partial charge in [-0.1, -0.05) is 6.08 Å². The number of hydrogen-bond donors (Lipinski definition) is 0. The van der Waals surface area contributed by atoms with Gasteiger partial charge in [-0.15, -0.1) is 11.6 Å². The van der Waals surface area contributed by atoms with E-state index in [0.29, 0.717) is 0 Å². The Kier molecular flexibility index (Phi) is 6.87. The van der Waals surface area contributed by atoms with E-state index in [9.17, 15) is 0 Å². The van der Waals surface area contributed by atoms with E-state index in [1.807, 2.05) is 6.08 Å². The molecule has 0 fully saturated rings. The van der Waals surface area contributed by atoms with Gasteiger partial charge in [-0.3, -0.25) is 0 Å². The summed E-state index contributed by atoms with van der Waals surface area (Å²) in [5.41, 5.74) is 0. The summed E-state index contributed by atoms with van der Waals surface area (Å²) < 4.78 is 1.01. The van der Waals surface area contributed by atoms with E-state index in [1.54, 1.807) is 0 Å². The molecule has 0 aromatic heterocycles. The Labute approximate surface area is 71.5 Å². The molecular weight excluding hydrogens is 255 g/mol. The van der Waals surface area contributed by atoms with Crippen molar-refractivity contribution in [3.05, 3.63) is 9.47 Å². The number of halogens is 3. The molecule has 0 aliphatic heterocycles. The second-order valence-electron chi connectivity index (χ2n) is 1.32. The van der Waals surface area contributed by atoms with E-state index in [0.717, 1.165) is 22.1 Å². The lowest BCUT2D eigenvalue weighted by Crippen LogP contribution is -1.69. The highest BCUT2D eigenvalue weighted by Crippen LogP contribution is 2.14. The lowest BCUT2D eigenvalue weighted by molar-refractivity contribution is 0.968. The summed E-state index contributed by atoms with van der Waals surface area (Å²) in [7, 11) is 0. The quantitative estimate of drug-likeness (QED) is 0.538. The molecule has 0 spiro atoms. The molecule has 0 saturated carbocycles. The molecule has 0 radical (unpaired) electrons. The van der Waals surface area contributed by atoms with Crippen molar-refractivity contribution in [1.82, 2.24) is 0 Å². The molecule has 0 unspecified atom stereocenters. The van der Waals surface area contributed by atoms with Gasteiger partial charge in [-0.2, -0.15) is 0 Å². The van der Waals surface area contributed by atoms with Gasteiger partial charge in [0.15, 0.2) is 0 Å². The van der Waals surface area contributed by atoms with Crippen LogP contribution >= 0.6 is 43.5 Å². The van der Waals surface area contributed by atoms with E-state index in [4.69, 9.17) is 11.6 Å². The summed E-state index contributed by atoms with van der Waals surface area (Å²) in [6.07, 6.45) is 4.12. The summed E-state index contributed by atoms with van der Waals surface area (Å²) in [6.45, 7) is 0. The largest absolute Gasteiger partial charge is 0.127 e. The maximum Gasteiger partial charge on any atom is 0.0564 e. The van der Waals surface area contributed by atoms with Crippen molar-refractivity contribution in [1.29, 1.82) is 0 Å². The predicted octanol–water partition coefficient (Wildman–Crippen LogP) is 3.64. The Balaban J connectivity index is 3.03. The zero-order chi connectivity index (χ0) is 6.41. The standard InChI is InChI=1S/C5H7Br2Cl/c6-5(7)3-1-2-4-8/h3H,1-2,4H2. The highest BCUT2D eigenvalue weighted by Gasteiger charge is 1.81. The van der Waals surface area contributed by atoms with E-state index in [1.165, 1.54) is 0 Å². The minimum Gasteiger partial charge on any atom is -0.127 e. The predicted molar refractivity (Wildman–Crippen MR) is 45.9 cm³/mol. The van der Waals surface area contributed by atoms with Crippen molar-refractivity contribution >= 4 is 43.5 Å².